The second-order valence-corrected chi connectivity index (χ2v) is 15.0. The Morgan fingerprint density at radius 2 is 1.42 bits per heavy atom. The summed E-state index contributed by atoms with van der Waals surface area (Å²) in [7, 11) is 0. The summed E-state index contributed by atoms with van der Waals surface area (Å²) in [6, 6.07) is 30.0. The number of rotatable bonds is 18. The standard InChI is InChI=1S/C46H56N4O5/c1-2-3-4-5-6-7-8-9-10-14-24-44(52)55-39-27-25-35(26-28-39)31-41-45(53)48(33-38-22-17-21-37-20-15-16-23-40(37)38)34-42-49(30-29-43(51)50(41)42)46(54)47-32-36-18-12-11-13-19-36/h11-13,15-23,25-28,41-42H,2-10,14,24,29-34H2,1H3,(H,47,54)/t41-,42+/m0/s1. The molecule has 4 aromatic carbocycles. The maximum absolute atomic E-state index is 14.5. The zero-order chi connectivity index (χ0) is 38.4. The molecule has 0 unspecified atom stereocenters. The number of unbranched alkanes of at least 4 members (excludes halogenated alkanes) is 9. The Bertz CT molecular complexity index is 1880. The zero-order valence-electron chi connectivity index (χ0n) is 32.3. The third kappa shape index (κ3) is 10.7. The average Bonchev–Trinajstić information content (AvgIpc) is 3.20. The number of esters is 1. The first-order valence-electron chi connectivity index (χ1n) is 20.4. The molecule has 2 atom stereocenters. The summed E-state index contributed by atoms with van der Waals surface area (Å²) in [6.07, 6.45) is 12.2. The molecular formula is C46H56N4O5. The molecule has 4 aromatic rings. The van der Waals surface area contributed by atoms with Crippen molar-refractivity contribution in [3.8, 4) is 5.75 Å². The van der Waals surface area contributed by atoms with Gasteiger partial charge in [-0.05, 0) is 46.0 Å². The lowest BCUT2D eigenvalue weighted by molar-refractivity contribution is -0.167. The van der Waals surface area contributed by atoms with Gasteiger partial charge in [-0.25, -0.2) is 4.79 Å². The van der Waals surface area contributed by atoms with Crippen LogP contribution in [0.3, 0.4) is 0 Å². The van der Waals surface area contributed by atoms with Gasteiger partial charge in [0, 0.05) is 38.9 Å². The van der Waals surface area contributed by atoms with Gasteiger partial charge in [0.1, 0.15) is 18.0 Å². The maximum atomic E-state index is 14.5. The fourth-order valence-corrected chi connectivity index (χ4v) is 7.93. The molecule has 2 heterocycles. The molecule has 9 heteroatoms. The number of carbonyl (C=O) groups is 4. The Kier molecular flexibility index (Phi) is 14.3. The highest BCUT2D eigenvalue weighted by atomic mass is 16.5. The van der Waals surface area contributed by atoms with E-state index in [0.29, 0.717) is 25.3 Å². The van der Waals surface area contributed by atoms with Crippen LogP contribution in [0.1, 0.15) is 101 Å². The molecule has 6 rings (SSSR count). The van der Waals surface area contributed by atoms with Crippen LogP contribution in [-0.2, 0) is 33.9 Å². The summed E-state index contributed by atoms with van der Waals surface area (Å²) >= 11 is 0. The zero-order valence-corrected chi connectivity index (χ0v) is 32.3. The third-order valence-electron chi connectivity index (χ3n) is 11.0. The highest BCUT2D eigenvalue weighted by molar-refractivity contribution is 5.92. The number of nitrogens with one attached hydrogen (secondary N) is 1. The van der Waals surface area contributed by atoms with E-state index in [1.165, 1.54) is 44.9 Å². The van der Waals surface area contributed by atoms with Crippen molar-refractivity contribution in [2.75, 3.05) is 13.1 Å². The van der Waals surface area contributed by atoms with Crippen molar-refractivity contribution in [1.29, 1.82) is 0 Å². The van der Waals surface area contributed by atoms with E-state index >= 15 is 0 Å². The first kappa shape index (κ1) is 39.5. The normalized spacial score (nSPS) is 17.0. The number of amides is 4. The number of fused-ring (bicyclic) bond motifs is 2. The van der Waals surface area contributed by atoms with Gasteiger partial charge in [-0.1, -0.05) is 150 Å². The summed E-state index contributed by atoms with van der Waals surface area (Å²) in [6.45, 7) is 3.42. The third-order valence-corrected chi connectivity index (χ3v) is 11.0. The fraction of sp³-hybridized carbons (Fsp3) is 0.435. The van der Waals surface area contributed by atoms with Gasteiger partial charge in [0.2, 0.25) is 11.8 Å². The summed E-state index contributed by atoms with van der Waals surface area (Å²) < 4.78 is 5.65. The molecule has 0 spiro atoms. The predicted octanol–water partition coefficient (Wildman–Crippen LogP) is 8.78. The Morgan fingerprint density at radius 3 is 2.16 bits per heavy atom. The van der Waals surface area contributed by atoms with Gasteiger partial charge in [-0.3, -0.25) is 14.4 Å². The van der Waals surface area contributed by atoms with Crippen LogP contribution in [0.25, 0.3) is 10.8 Å². The predicted molar refractivity (Wildman–Crippen MR) is 216 cm³/mol. The van der Waals surface area contributed by atoms with E-state index < -0.39 is 12.2 Å². The summed E-state index contributed by atoms with van der Waals surface area (Å²) in [5.41, 5.74) is 2.81. The molecule has 0 aromatic heterocycles. The van der Waals surface area contributed by atoms with Gasteiger partial charge in [0.25, 0.3) is 0 Å². The number of ether oxygens (including phenoxy) is 1. The van der Waals surface area contributed by atoms with Gasteiger partial charge >= 0.3 is 12.0 Å². The lowest BCUT2D eigenvalue weighted by Crippen LogP contribution is -2.72. The van der Waals surface area contributed by atoms with Crippen molar-refractivity contribution in [3.05, 3.63) is 114 Å². The largest absolute Gasteiger partial charge is 0.427 e. The van der Waals surface area contributed by atoms with Crippen molar-refractivity contribution in [1.82, 2.24) is 20.0 Å². The minimum Gasteiger partial charge on any atom is -0.427 e. The van der Waals surface area contributed by atoms with Crippen molar-refractivity contribution in [3.63, 3.8) is 0 Å². The van der Waals surface area contributed by atoms with Crippen LogP contribution < -0.4 is 10.1 Å². The molecule has 0 aliphatic carbocycles. The van der Waals surface area contributed by atoms with Crippen molar-refractivity contribution in [2.24, 2.45) is 0 Å². The van der Waals surface area contributed by atoms with Gasteiger partial charge in [0.05, 0.1) is 6.54 Å². The first-order valence-corrected chi connectivity index (χ1v) is 20.4. The molecule has 4 amide bonds. The summed E-state index contributed by atoms with van der Waals surface area (Å²) in [5, 5.41) is 5.19. The number of hydrogen-bond donors (Lipinski definition) is 1. The summed E-state index contributed by atoms with van der Waals surface area (Å²) in [5.74, 6) is -0.0818. The fourth-order valence-electron chi connectivity index (χ4n) is 7.93. The van der Waals surface area contributed by atoms with E-state index in [2.05, 4.69) is 30.4 Å². The van der Waals surface area contributed by atoms with Crippen LogP contribution in [0.4, 0.5) is 4.79 Å². The second-order valence-electron chi connectivity index (χ2n) is 15.0. The quantitative estimate of drug-likeness (QED) is 0.0624. The van der Waals surface area contributed by atoms with Crippen LogP contribution in [0.5, 0.6) is 5.75 Å². The molecule has 0 radical (unpaired) electrons. The molecule has 2 aliphatic rings. The van der Waals surface area contributed by atoms with Gasteiger partial charge in [-0.15, -0.1) is 0 Å². The van der Waals surface area contributed by atoms with Crippen LogP contribution in [0.15, 0.2) is 97.1 Å². The van der Waals surface area contributed by atoms with E-state index in [4.69, 9.17) is 4.74 Å². The topological polar surface area (TPSA) is 99.3 Å². The van der Waals surface area contributed by atoms with Crippen molar-refractivity contribution in [2.45, 2.75) is 116 Å². The molecule has 2 aliphatic heterocycles. The number of urea groups is 1. The Morgan fingerprint density at radius 1 is 0.745 bits per heavy atom. The van der Waals surface area contributed by atoms with Crippen LogP contribution in [-0.4, -0.2) is 63.8 Å². The molecule has 0 bridgehead atoms. The van der Waals surface area contributed by atoms with Crippen molar-refractivity contribution >= 4 is 34.6 Å². The number of piperazine rings is 1. The Labute approximate surface area is 326 Å². The molecule has 0 saturated carbocycles. The van der Waals surface area contributed by atoms with Crippen molar-refractivity contribution < 1.29 is 23.9 Å². The molecule has 2 fully saturated rings. The van der Waals surface area contributed by atoms with Crippen LogP contribution in [0, 0.1) is 0 Å². The van der Waals surface area contributed by atoms with E-state index in [-0.39, 0.29) is 49.7 Å². The highest BCUT2D eigenvalue weighted by Crippen LogP contribution is 2.30. The average molecular weight is 745 g/mol. The van der Waals surface area contributed by atoms with E-state index in [1.54, 1.807) is 26.8 Å². The molecule has 9 nitrogen and oxygen atoms in total. The van der Waals surface area contributed by atoms with Gasteiger partial charge in [0.15, 0.2) is 0 Å². The lowest BCUT2D eigenvalue weighted by Gasteiger charge is -2.52. The number of benzene rings is 4. The summed E-state index contributed by atoms with van der Waals surface area (Å²) in [4.78, 5) is 59.6. The number of nitrogens with zero attached hydrogens (tertiary/aromatic N) is 3. The van der Waals surface area contributed by atoms with E-state index in [9.17, 15) is 19.2 Å². The number of hydrogen-bond acceptors (Lipinski definition) is 5. The van der Waals surface area contributed by atoms with Crippen LogP contribution >= 0.6 is 0 Å². The number of carbonyl (C=O) groups excluding carboxylic acids is 4. The molecular weight excluding hydrogens is 689 g/mol. The molecule has 290 valence electrons. The highest BCUT2D eigenvalue weighted by Gasteiger charge is 2.48. The Hall–Kier alpha value is -5.18. The SMILES string of the molecule is CCCCCCCCCCCCC(=O)Oc1ccc(C[C@H]2C(=O)N(Cc3cccc4ccccc34)C[C@@H]3N(C(=O)NCc4ccccc4)CCC(=O)N32)cc1. The van der Waals surface area contributed by atoms with Gasteiger partial charge < -0.3 is 24.8 Å². The monoisotopic (exact) mass is 744 g/mol. The molecule has 55 heavy (non-hydrogen) atoms. The maximum Gasteiger partial charge on any atom is 0.319 e. The van der Waals surface area contributed by atoms with Crippen LogP contribution in [0.2, 0.25) is 0 Å². The first-order chi connectivity index (χ1) is 26.9. The minimum absolute atomic E-state index is 0.135. The smallest absolute Gasteiger partial charge is 0.319 e. The minimum atomic E-state index is -0.810. The molecule has 2 saturated heterocycles. The second kappa shape index (κ2) is 19.9. The molecule has 1 N–H and O–H groups in total. The lowest BCUT2D eigenvalue weighted by atomic mass is 9.96. The Balaban J connectivity index is 1.11. The van der Waals surface area contributed by atoms with E-state index in [0.717, 1.165) is 46.7 Å². The van der Waals surface area contributed by atoms with E-state index in [1.807, 2.05) is 66.7 Å². The van der Waals surface area contributed by atoms with Gasteiger partial charge in [-0.2, -0.15) is 0 Å².